The highest BCUT2D eigenvalue weighted by Crippen LogP contribution is 2.32. The van der Waals surface area contributed by atoms with Crippen LogP contribution in [-0.4, -0.2) is 22.4 Å². The Bertz CT molecular complexity index is 947. The summed E-state index contributed by atoms with van der Waals surface area (Å²) in [5.74, 6) is -1.23. The number of nitro benzene ring substituents is 1. The minimum absolute atomic E-state index is 0.00160. The van der Waals surface area contributed by atoms with Crippen molar-refractivity contribution in [3.05, 3.63) is 67.7 Å². The molecule has 7 nitrogen and oxygen atoms in total. The molecule has 134 valence electrons. The number of carbonyl (C=O) groups is 2. The smallest absolute Gasteiger partial charge is 0.339 e. The molecule has 1 heterocycles. The van der Waals surface area contributed by atoms with E-state index in [0.717, 1.165) is 6.07 Å². The molecule has 26 heavy (non-hydrogen) atoms. The first-order chi connectivity index (χ1) is 12.2. The minimum atomic E-state index is -1.47. The molecule has 0 saturated heterocycles. The third-order valence-corrected chi connectivity index (χ3v) is 4.57. The normalized spacial score (nSPS) is 18.7. The quantitative estimate of drug-likeness (QED) is 0.481. The number of hydrogen-bond acceptors (Lipinski definition) is 5. The van der Waals surface area contributed by atoms with Crippen molar-refractivity contribution in [1.29, 1.82) is 0 Å². The van der Waals surface area contributed by atoms with E-state index in [9.17, 15) is 19.7 Å². The standard InChI is InChI=1S/C17H12Cl2N2O5/c1-17(8-9-6-10(18)2-4-12(9)15(22)26-17)16(23)20-14-5-3-11(21(24)25)7-13(14)19/h2-7H,8H2,1H3,(H,20,23). The lowest BCUT2D eigenvalue weighted by atomic mass is 9.89. The number of rotatable bonds is 3. The zero-order valence-corrected chi connectivity index (χ0v) is 14.9. The number of esters is 1. The van der Waals surface area contributed by atoms with E-state index in [2.05, 4.69) is 5.32 Å². The Morgan fingerprint density at radius 2 is 2.00 bits per heavy atom. The van der Waals surface area contributed by atoms with Gasteiger partial charge in [-0.2, -0.15) is 0 Å². The SMILES string of the molecule is CC1(C(=O)Nc2ccc([N+](=O)[O-])cc2Cl)Cc2cc(Cl)ccc2C(=O)O1. The average molecular weight is 395 g/mol. The molecule has 0 aromatic heterocycles. The maximum absolute atomic E-state index is 12.7. The number of ether oxygens (including phenoxy) is 1. The van der Waals surface area contributed by atoms with E-state index in [0.29, 0.717) is 16.1 Å². The molecule has 2 aromatic rings. The van der Waals surface area contributed by atoms with Gasteiger partial charge in [0.1, 0.15) is 0 Å². The lowest BCUT2D eigenvalue weighted by molar-refractivity contribution is -0.384. The number of carbonyl (C=O) groups excluding carboxylic acids is 2. The van der Waals surface area contributed by atoms with E-state index in [1.54, 1.807) is 18.2 Å². The third kappa shape index (κ3) is 3.36. The van der Waals surface area contributed by atoms with Gasteiger partial charge in [-0.05, 0) is 36.8 Å². The molecule has 1 atom stereocenters. The van der Waals surface area contributed by atoms with Crippen LogP contribution in [0.1, 0.15) is 22.8 Å². The minimum Gasteiger partial charge on any atom is -0.445 e. The van der Waals surface area contributed by atoms with Crippen molar-refractivity contribution in [3.8, 4) is 0 Å². The van der Waals surface area contributed by atoms with Gasteiger partial charge in [-0.15, -0.1) is 0 Å². The first-order valence-electron chi connectivity index (χ1n) is 7.47. The number of hydrogen-bond donors (Lipinski definition) is 1. The summed E-state index contributed by atoms with van der Waals surface area (Å²) in [4.78, 5) is 35.1. The van der Waals surface area contributed by atoms with Crippen molar-refractivity contribution in [2.75, 3.05) is 5.32 Å². The van der Waals surface area contributed by atoms with Gasteiger partial charge in [-0.25, -0.2) is 4.79 Å². The molecule has 0 aliphatic carbocycles. The highest BCUT2D eigenvalue weighted by atomic mass is 35.5. The summed E-state index contributed by atoms with van der Waals surface area (Å²) in [5, 5.41) is 13.8. The number of fused-ring (bicyclic) bond motifs is 1. The van der Waals surface area contributed by atoms with Crippen LogP contribution < -0.4 is 5.32 Å². The van der Waals surface area contributed by atoms with Crippen molar-refractivity contribution in [2.24, 2.45) is 0 Å². The molecule has 1 amide bonds. The second-order valence-corrected chi connectivity index (χ2v) is 6.82. The van der Waals surface area contributed by atoms with Crippen LogP contribution in [0.3, 0.4) is 0 Å². The zero-order valence-electron chi connectivity index (χ0n) is 13.4. The van der Waals surface area contributed by atoms with Crippen LogP contribution in [0.2, 0.25) is 10.0 Å². The molecule has 0 bridgehead atoms. The molecule has 3 rings (SSSR count). The number of benzene rings is 2. The van der Waals surface area contributed by atoms with Crippen molar-refractivity contribution < 1.29 is 19.2 Å². The number of halogens is 2. The summed E-state index contributed by atoms with van der Waals surface area (Å²) in [5.41, 5.74) is -0.544. The lowest BCUT2D eigenvalue weighted by Gasteiger charge is -2.33. The maximum Gasteiger partial charge on any atom is 0.339 e. The Kier molecular flexibility index (Phi) is 4.60. The molecule has 0 spiro atoms. The average Bonchev–Trinajstić information content (AvgIpc) is 2.55. The highest BCUT2D eigenvalue weighted by molar-refractivity contribution is 6.34. The number of nitro groups is 1. The van der Waals surface area contributed by atoms with E-state index in [1.807, 2.05) is 0 Å². The van der Waals surface area contributed by atoms with Crippen molar-refractivity contribution >= 4 is 46.5 Å². The molecule has 0 fully saturated rings. The van der Waals surface area contributed by atoms with Crippen molar-refractivity contribution in [2.45, 2.75) is 18.9 Å². The van der Waals surface area contributed by atoms with Gasteiger partial charge in [0, 0.05) is 23.6 Å². The Morgan fingerprint density at radius 1 is 1.27 bits per heavy atom. The second kappa shape index (κ2) is 6.59. The lowest BCUT2D eigenvalue weighted by Crippen LogP contribution is -2.48. The monoisotopic (exact) mass is 394 g/mol. The molecule has 0 radical (unpaired) electrons. The fourth-order valence-corrected chi connectivity index (χ4v) is 3.08. The van der Waals surface area contributed by atoms with Gasteiger partial charge in [-0.1, -0.05) is 23.2 Å². The molecule has 9 heteroatoms. The van der Waals surface area contributed by atoms with Crippen LogP contribution in [0.4, 0.5) is 11.4 Å². The van der Waals surface area contributed by atoms with E-state index in [1.165, 1.54) is 19.1 Å². The molecule has 2 aromatic carbocycles. The molecule has 1 aliphatic heterocycles. The topological polar surface area (TPSA) is 98.5 Å². The summed E-state index contributed by atoms with van der Waals surface area (Å²) in [7, 11) is 0. The van der Waals surface area contributed by atoms with E-state index >= 15 is 0 Å². The Morgan fingerprint density at radius 3 is 2.65 bits per heavy atom. The van der Waals surface area contributed by atoms with Crippen LogP contribution in [-0.2, 0) is 16.0 Å². The number of cyclic esters (lactones) is 1. The molecular formula is C17H12Cl2N2O5. The summed E-state index contributed by atoms with van der Waals surface area (Å²) < 4.78 is 5.33. The van der Waals surface area contributed by atoms with Crippen LogP contribution in [0.5, 0.6) is 0 Å². The number of nitrogens with one attached hydrogen (secondary N) is 1. The fourth-order valence-electron chi connectivity index (χ4n) is 2.67. The predicted octanol–water partition coefficient (Wildman–Crippen LogP) is 4.01. The summed E-state index contributed by atoms with van der Waals surface area (Å²) >= 11 is 12.0. The van der Waals surface area contributed by atoms with E-state index in [4.69, 9.17) is 27.9 Å². The van der Waals surface area contributed by atoms with Gasteiger partial charge < -0.3 is 10.1 Å². The molecule has 1 aliphatic rings. The Balaban J connectivity index is 1.86. The molecule has 1 N–H and O–H groups in total. The van der Waals surface area contributed by atoms with E-state index < -0.39 is 22.4 Å². The first kappa shape index (κ1) is 18.2. The number of anilines is 1. The van der Waals surface area contributed by atoms with Gasteiger partial charge >= 0.3 is 5.97 Å². The van der Waals surface area contributed by atoms with E-state index in [-0.39, 0.29) is 22.8 Å². The maximum atomic E-state index is 12.7. The summed E-state index contributed by atoms with van der Waals surface area (Å²) in [6, 6.07) is 8.39. The predicted molar refractivity (Wildman–Crippen MR) is 95.7 cm³/mol. The van der Waals surface area contributed by atoms with Crippen LogP contribution in [0.15, 0.2) is 36.4 Å². The Hall–Kier alpha value is -2.64. The van der Waals surface area contributed by atoms with Gasteiger partial charge in [0.25, 0.3) is 11.6 Å². The van der Waals surface area contributed by atoms with Crippen molar-refractivity contribution in [1.82, 2.24) is 0 Å². The largest absolute Gasteiger partial charge is 0.445 e. The van der Waals surface area contributed by atoms with Crippen LogP contribution in [0, 0.1) is 10.1 Å². The van der Waals surface area contributed by atoms with Crippen LogP contribution in [0.25, 0.3) is 0 Å². The fraction of sp³-hybridized carbons (Fsp3) is 0.176. The van der Waals surface area contributed by atoms with Gasteiger partial charge in [0.05, 0.1) is 21.2 Å². The number of non-ortho nitro benzene ring substituents is 1. The second-order valence-electron chi connectivity index (χ2n) is 5.97. The summed E-state index contributed by atoms with van der Waals surface area (Å²) in [6.45, 7) is 1.48. The third-order valence-electron chi connectivity index (χ3n) is 4.02. The van der Waals surface area contributed by atoms with Crippen LogP contribution >= 0.6 is 23.2 Å². The number of nitrogens with zero attached hydrogens (tertiary/aromatic N) is 1. The zero-order chi connectivity index (χ0) is 19.1. The van der Waals surface area contributed by atoms with Crippen molar-refractivity contribution in [3.63, 3.8) is 0 Å². The number of amides is 1. The molecule has 1 unspecified atom stereocenters. The summed E-state index contributed by atoms with van der Waals surface area (Å²) in [6.07, 6.45) is 0.130. The highest BCUT2D eigenvalue weighted by Gasteiger charge is 2.43. The first-order valence-corrected chi connectivity index (χ1v) is 8.22. The van der Waals surface area contributed by atoms with Gasteiger partial charge in [0.2, 0.25) is 0 Å². The van der Waals surface area contributed by atoms with Gasteiger partial charge in [0.15, 0.2) is 5.60 Å². The van der Waals surface area contributed by atoms with Gasteiger partial charge in [-0.3, -0.25) is 14.9 Å². The molecular weight excluding hydrogens is 383 g/mol. The Labute approximate surface area is 158 Å². The molecule has 0 saturated carbocycles.